The van der Waals surface area contributed by atoms with Crippen molar-refractivity contribution in [2.45, 2.75) is 59.2 Å². The van der Waals surface area contributed by atoms with Crippen LogP contribution in [-0.4, -0.2) is 41.5 Å². The number of hydrogen-bond donors (Lipinski definition) is 1. The number of benzene rings is 3. The standard InChI is InChI=1S/C33H37NO6/c1-7-39-28-16-15-23(18-26(28)20(2)3)31(35)29-30(22-12-10-13-25(17-22)40-21(4)5)34(33(37)32(29)36)19-24-11-8-9-14-27(24)38-6/h8-18,20-21,30,35H,7,19H2,1-6H3/b31-29+. The first-order valence-corrected chi connectivity index (χ1v) is 13.6. The topological polar surface area (TPSA) is 85.3 Å². The van der Waals surface area contributed by atoms with Crippen molar-refractivity contribution in [3.05, 3.63) is 94.6 Å². The smallest absolute Gasteiger partial charge is 0.295 e. The van der Waals surface area contributed by atoms with Gasteiger partial charge in [-0.1, -0.05) is 44.2 Å². The molecule has 1 aliphatic rings. The normalized spacial score (nSPS) is 16.6. The van der Waals surface area contributed by atoms with Gasteiger partial charge >= 0.3 is 0 Å². The van der Waals surface area contributed by atoms with Crippen LogP contribution in [0.3, 0.4) is 0 Å². The summed E-state index contributed by atoms with van der Waals surface area (Å²) in [6, 6.07) is 19.2. The Balaban J connectivity index is 1.89. The number of para-hydroxylation sites is 1. The van der Waals surface area contributed by atoms with E-state index >= 15 is 0 Å². The Morgan fingerprint density at radius 3 is 2.38 bits per heavy atom. The number of hydrogen-bond acceptors (Lipinski definition) is 6. The van der Waals surface area contributed by atoms with Crippen molar-refractivity contribution in [1.82, 2.24) is 4.90 Å². The van der Waals surface area contributed by atoms with Crippen LogP contribution in [0.15, 0.2) is 72.3 Å². The van der Waals surface area contributed by atoms with Gasteiger partial charge in [-0.15, -0.1) is 0 Å². The number of carbonyl (C=O) groups is 2. The molecule has 3 aromatic carbocycles. The van der Waals surface area contributed by atoms with Crippen molar-refractivity contribution in [3.8, 4) is 17.2 Å². The number of nitrogens with zero attached hydrogens (tertiary/aromatic N) is 1. The van der Waals surface area contributed by atoms with Crippen LogP contribution in [0.4, 0.5) is 0 Å². The highest BCUT2D eigenvalue weighted by Crippen LogP contribution is 2.42. The molecule has 1 N–H and O–H groups in total. The monoisotopic (exact) mass is 543 g/mol. The van der Waals surface area contributed by atoms with Gasteiger partial charge in [-0.2, -0.15) is 0 Å². The Labute approximate surface area is 236 Å². The largest absolute Gasteiger partial charge is 0.507 e. The molecule has 0 spiro atoms. The van der Waals surface area contributed by atoms with E-state index in [1.165, 1.54) is 4.90 Å². The van der Waals surface area contributed by atoms with Crippen LogP contribution >= 0.6 is 0 Å². The number of carbonyl (C=O) groups excluding carboxylic acids is 2. The molecule has 1 amide bonds. The van der Waals surface area contributed by atoms with E-state index in [1.54, 1.807) is 19.2 Å². The average Bonchev–Trinajstić information content (AvgIpc) is 3.18. The van der Waals surface area contributed by atoms with Crippen LogP contribution in [-0.2, 0) is 16.1 Å². The molecule has 0 radical (unpaired) electrons. The molecule has 210 valence electrons. The van der Waals surface area contributed by atoms with Crippen LogP contribution in [0.5, 0.6) is 17.2 Å². The van der Waals surface area contributed by atoms with Crippen molar-refractivity contribution < 1.29 is 28.9 Å². The molecular weight excluding hydrogens is 506 g/mol. The molecule has 1 heterocycles. The minimum absolute atomic E-state index is 0.0282. The average molecular weight is 544 g/mol. The van der Waals surface area contributed by atoms with Gasteiger partial charge < -0.3 is 24.2 Å². The van der Waals surface area contributed by atoms with E-state index in [0.717, 1.165) is 16.9 Å². The summed E-state index contributed by atoms with van der Waals surface area (Å²) in [6.45, 7) is 10.5. The van der Waals surface area contributed by atoms with Gasteiger partial charge in [0.05, 0.1) is 38.0 Å². The van der Waals surface area contributed by atoms with Crippen LogP contribution in [0.25, 0.3) is 5.76 Å². The minimum atomic E-state index is -0.838. The quantitative estimate of drug-likeness (QED) is 0.176. The molecule has 1 aliphatic heterocycles. The minimum Gasteiger partial charge on any atom is -0.507 e. The molecule has 1 saturated heterocycles. The first kappa shape index (κ1) is 28.7. The summed E-state index contributed by atoms with van der Waals surface area (Å²) >= 11 is 0. The highest BCUT2D eigenvalue weighted by Gasteiger charge is 2.46. The van der Waals surface area contributed by atoms with Gasteiger partial charge in [0.25, 0.3) is 11.7 Å². The maximum absolute atomic E-state index is 13.6. The summed E-state index contributed by atoms with van der Waals surface area (Å²) in [7, 11) is 1.56. The fourth-order valence-electron chi connectivity index (χ4n) is 5.03. The molecule has 40 heavy (non-hydrogen) atoms. The summed E-state index contributed by atoms with van der Waals surface area (Å²) in [6.07, 6.45) is -0.0616. The fraction of sp³-hybridized carbons (Fsp3) is 0.333. The molecule has 0 saturated carbocycles. The molecule has 1 unspecified atom stereocenters. The van der Waals surface area contributed by atoms with Gasteiger partial charge in [0.15, 0.2) is 0 Å². The van der Waals surface area contributed by atoms with Crippen molar-refractivity contribution in [2.24, 2.45) is 0 Å². The Morgan fingerprint density at radius 1 is 0.950 bits per heavy atom. The number of ether oxygens (including phenoxy) is 3. The van der Waals surface area contributed by atoms with Crippen molar-refractivity contribution in [1.29, 1.82) is 0 Å². The van der Waals surface area contributed by atoms with Crippen molar-refractivity contribution >= 4 is 17.4 Å². The first-order valence-electron chi connectivity index (χ1n) is 13.6. The molecule has 4 rings (SSSR count). The first-order chi connectivity index (χ1) is 19.2. The van der Waals surface area contributed by atoms with Crippen LogP contribution in [0.1, 0.15) is 68.8 Å². The molecular formula is C33H37NO6. The van der Waals surface area contributed by atoms with Crippen molar-refractivity contribution in [3.63, 3.8) is 0 Å². The Bertz CT molecular complexity index is 1420. The Morgan fingerprint density at radius 2 is 1.70 bits per heavy atom. The zero-order valence-electron chi connectivity index (χ0n) is 23.9. The highest BCUT2D eigenvalue weighted by molar-refractivity contribution is 6.46. The predicted molar refractivity (Wildman–Crippen MR) is 155 cm³/mol. The Hall–Kier alpha value is -4.26. The lowest BCUT2D eigenvalue weighted by Crippen LogP contribution is -2.29. The third kappa shape index (κ3) is 5.83. The summed E-state index contributed by atoms with van der Waals surface area (Å²) in [5, 5.41) is 11.6. The third-order valence-corrected chi connectivity index (χ3v) is 6.82. The second-order valence-corrected chi connectivity index (χ2v) is 10.3. The number of ketones is 1. The van der Waals surface area contributed by atoms with E-state index in [0.29, 0.717) is 29.2 Å². The lowest BCUT2D eigenvalue weighted by Gasteiger charge is -2.26. The second kappa shape index (κ2) is 12.3. The SMILES string of the molecule is CCOc1ccc(/C(O)=C2\C(=O)C(=O)N(Cc3ccccc3OC)C2c2cccc(OC(C)C)c2)cc1C(C)C. The van der Waals surface area contributed by atoms with E-state index in [1.807, 2.05) is 89.2 Å². The molecule has 0 aliphatic carbocycles. The summed E-state index contributed by atoms with van der Waals surface area (Å²) in [5.74, 6) is 0.386. The number of rotatable bonds is 10. The molecule has 0 bridgehead atoms. The molecule has 1 atom stereocenters. The summed E-state index contributed by atoms with van der Waals surface area (Å²) in [4.78, 5) is 28.7. The molecule has 1 fully saturated rings. The second-order valence-electron chi connectivity index (χ2n) is 10.3. The molecule has 0 aromatic heterocycles. The predicted octanol–water partition coefficient (Wildman–Crippen LogP) is 6.63. The zero-order chi connectivity index (χ0) is 29.0. The lowest BCUT2D eigenvalue weighted by molar-refractivity contribution is -0.140. The number of aliphatic hydroxyl groups excluding tert-OH is 1. The number of likely N-dealkylation sites (tertiary alicyclic amines) is 1. The molecule has 3 aromatic rings. The van der Waals surface area contributed by atoms with E-state index in [2.05, 4.69) is 0 Å². The van der Waals surface area contributed by atoms with Crippen LogP contribution < -0.4 is 14.2 Å². The number of aliphatic hydroxyl groups is 1. The van der Waals surface area contributed by atoms with Gasteiger partial charge in [-0.3, -0.25) is 9.59 Å². The summed E-state index contributed by atoms with van der Waals surface area (Å²) in [5.41, 5.74) is 2.78. The maximum atomic E-state index is 13.6. The van der Waals surface area contributed by atoms with E-state index in [9.17, 15) is 14.7 Å². The highest BCUT2D eigenvalue weighted by atomic mass is 16.5. The third-order valence-electron chi connectivity index (χ3n) is 6.82. The van der Waals surface area contributed by atoms with Crippen molar-refractivity contribution in [2.75, 3.05) is 13.7 Å². The Kier molecular flexibility index (Phi) is 8.83. The van der Waals surface area contributed by atoms with Gasteiger partial charge in [-0.05, 0) is 74.2 Å². The number of Topliss-reactive ketones (excluding diaryl/α,β-unsaturated/α-hetero) is 1. The van der Waals surface area contributed by atoms with Gasteiger partial charge in [-0.25, -0.2) is 0 Å². The van der Waals surface area contributed by atoms with E-state index < -0.39 is 17.7 Å². The molecule has 7 nitrogen and oxygen atoms in total. The summed E-state index contributed by atoms with van der Waals surface area (Å²) < 4.78 is 17.2. The van der Waals surface area contributed by atoms with Gasteiger partial charge in [0.2, 0.25) is 0 Å². The molecule has 7 heteroatoms. The van der Waals surface area contributed by atoms with E-state index in [4.69, 9.17) is 14.2 Å². The van der Waals surface area contributed by atoms with Crippen LogP contribution in [0, 0.1) is 0 Å². The maximum Gasteiger partial charge on any atom is 0.295 e. The van der Waals surface area contributed by atoms with Gasteiger partial charge in [0.1, 0.15) is 23.0 Å². The number of amides is 1. The van der Waals surface area contributed by atoms with Crippen LogP contribution in [0.2, 0.25) is 0 Å². The zero-order valence-corrected chi connectivity index (χ0v) is 23.9. The number of methoxy groups -OCH3 is 1. The van der Waals surface area contributed by atoms with Gasteiger partial charge in [0, 0.05) is 11.1 Å². The fourth-order valence-corrected chi connectivity index (χ4v) is 5.03. The lowest BCUT2D eigenvalue weighted by atomic mass is 9.93. The van der Waals surface area contributed by atoms with E-state index in [-0.39, 0.29) is 29.9 Å².